The second kappa shape index (κ2) is 9.00. The number of aliphatic hydroxyl groups is 1. The standard InChI is InChI=1S/C22H29NO/c24-22(15-19-9-7-8-10-19)18-23(16-20-11-3-1-4-12-20)17-21-13-5-2-6-14-21/h1-6,11-14,19,22,24H,7-10,15-18H2. The van der Waals surface area contributed by atoms with Gasteiger partial charge in [0.2, 0.25) is 0 Å². The molecule has 0 amide bonds. The Balaban J connectivity index is 1.61. The highest BCUT2D eigenvalue weighted by Gasteiger charge is 2.20. The van der Waals surface area contributed by atoms with Gasteiger partial charge in [-0.05, 0) is 23.5 Å². The quantitative estimate of drug-likeness (QED) is 0.765. The average Bonchev–Trinajstić information content (AvgIpc) is 3.09. The van der Waals surface area contributed by atoms with Crippen LogP contribution in [0.3, 0.4) is 0 Å². The third-order valence-electron chi connectivity index (χ3n) is 5.05. The van der Waals surface area contributed by atoms with Gasteiger partial charge in [-0.1, -0.05) is 86.3 Å². The second-order valence-corrected chi connectivity index (χ2v) is 7.18. The van der Waals surface area contributed by atoms with E-state index in [9.17, 15) is 5.11 Å². The predicted octanol–water partition coefficient (Wildman–Crippen LogP) is 4.63. The van der Waals surface area contributed by atoms with E-state index in [0.717, 1.165) is 32.0 Å². The molecule has 0 bridgehead atoms. The molecule has 1 N–H and O–H groups in total. The first-order valence-corrected chi connectivity index (χ1v) is 9.28. The summed E-state index contributed by atoms with van der Waals surface area (Å²) in [5.41, 5.74) is 2.61. The molecule has 2 aromatic carbocycles. The fourth-order valence-corrected chi connectivity index (χ4v) is 3.87. The number of hydrogen-bond acceptors (Lipinski definition) is 2. The molecule has 1 unspecified atom stereocenters. The Kier molecular flexibility index (Phi) is 6.45. The maximum Gasteiger partial charge on any atom is 0.0670 e. The van der Waals surface area contributed by atoms with Crippen molar-refractivity contribution in [1.82, 2.24) is 4.90 Å². The van der Waals surface area contributed by atoms with E-state index in [2.05, 4.69) is 65.6 Å². The first-order chi connectivity index (χ1) is 11.8. The molecule has 2 aromatic rings. The van der Waals surface area contributed by atoms with E-state index in [0.29, 0.717) is 0 Å². The summed E-state index contributed by atoms with van der Waals surface area (Å²) in [5.74, 6) is 0.732. The molecule has 1 aliphatic carbocycles. The number of hydrogen-bond donors (Lipinski definition) is 1. The zero-order chi connectivity index (χ0) is 16.6. The smallest absolute Gasteiger partial charge is 0.0670 e. The molecule has 2 heteroatoms. The molecular formula is C22H29NO. The highest BCUT2D eigenvalue weighted by molar-refractivity contribution is 5.17. The molecule has 0 aromatic heterocycles. The molecule has 1 atom stereocenters. The van der Waals surface area contributed by atoms with Crippen LogP contribution in [-0.4, -0.2) is 22.7 Å². The summed E-state index contributed by atoms with van der Waals surface area (Å²) in [4.78, 5) is 2.38. The Morgan fingerprint density at radius 2 is 1.33 bits per heavy atom. The van der Waals surface area contributed by atoms with Crippen LogP contribution in [0, 0.1) is 5.92 Å². The summed E-state index contributed by atoms with van der Waals surface area (Å²) >= 11 is 0. The lowest BCUT2D eigenvalue weighted by molar-refractivity contribution is 0.0844. The van der Waals surface area contributed by atoms with E-state index < -0.39 is 0 Å². The first kappa shape index (κ1) is 17.2. The molecule has 0 spiro atoms. The first-order valence-electron chi connectivity index (χ1n) is 9.28. The van der Waals surface area contributed by atoms with Crippen LogP contribution in [0.15, 0.2) is 60.7 Å². The predicted molar refractivity (Wildman–Crippen MR) is 99.6 cm³/mol. The van der Waals surface area contributed by atoms with E-state index in [-0.39, 0.29) is 6.10 Å². The normalized spacial score (nSPS) is 16.6. The maximum atomic E-state index is 10.6. The third-order valence-corrected chi connectivity index (χ3v) is 5.05. The SMILES string of the molecule is OC(CC1CCCC1)CN(Cc1ccccc1)Cc1ccccc1. The molecule has 1 saturated carbocycles. The Morgan fingerprint density at radius 3 is 1.83 bits per heavy atom. The fourth-order valence-electron chi connectivity index (χ4n) is 3.87. The van der Waals surface area contributed by atoms with Gasteiger partial charge >= 0.3 is 0 Å². The van der Waals surface area contributed by atoms with E-state index in [1.165, 1.54) is 36.8 Å². The Bertz CT molecular complexity index is 536. The van der Waals surface area contributed by atoms with Crippen molar-refractivity contribution >= 4 is 0 Å². The van der Waals surface area contributed by atoms with Gasteiger partial charge in [-0.2, -0.15) is 0 Å². The van der Waals surface area contributed by atoms with Gasteiger partial charge in [-0.15, -0.1) is 0 Å². The zero-order valence-corrected chi connectivity index (χ0v) is 14.5. The Hall–Kier alpha value is -1.64. The summed E-state index contributed by atoms with van der Waals surface area (Å²) in [6.45, 7) is 2.52. The van der Waals surface area contributed by atoms with Gasteiger partial charge in [0, 0.05) is 19.6 Å². The van der Waals surface area contributed by atoms with Gasteiger partial charge in [-0.25, -0.2) is 0 Å². The zero-order valence-electron chi connectivity index (χ0n) is 14.5. The molecule has 0 saturated heterocycles. The van der Waals surface area contributed by atoms with Gasteiger partial charge in [-0.3, -0.25) is 4.90 Å². The molecular weight excluding hydrogens is 294 g/mol. The van der Waals surface area contributed by atoms with Crippen molar-refractivity contribution in [1.29, 1.82) is 0 Å². The van der Waals surface area contributed by atoms with Crippen molar-refractivity contribution in [3.63, 3.8) is 0 Å². The van der Waals surface area contributed by atoms with Crippen LogP contribution < -0.4 is 0 Å². The van der Waals surface area contributed by atoms with Gasteiger partial charge < -0.3 is 5.11 Å². The van der Waals surface area contributed by atoms with Crippen molar-refractivity contribution in [2.45, 2.75) is 51.3 Å². The second-order valence-electron chi connectivity index (χ2n) is 7.18. The van der Waals surface area contributed by atoms with Crippen molar-refractivity contribution < 1.29 is 5.11 Å². The highest BCUT2D eigenvalue weighted by atomic mass is 16.3. The minimum atomic E-state index is -0.222. The lowest BCUT2D eigenvalue weighted by Crippen LogP contribution is -2.32. The van der Waals surface area contributed by atoms with E-state index in [4.69, 9.17) is 0 Å². The summed E-state index contributed by atoms with van der Waals surface area (Å²) in [6, 6.07) is 21.1. The number of rotatable bonds is 8. The lowest BCUT2D eigenvalue weighted by atomic mass is 9.99. The fraction of sp³-hybridized carbons (Fsp3) is 0.455. The van der Waals surface area contributed by atoms with E-state index >= 15 is 0 Å². The molecule has 0 heterocycles. The molecule has 128 valence electrons. The molecule has 2 nitrogen and oxygen atoms in total. The Morgan fingerprint density at radius 1 is 0.833 bits per heavy atom. The van der Waals surface area contributed by atoms with Crippen molar-refractivity contribution in [3.8, 4) is 0 Å². The van der Waals surface area contributed by atoms with Gasteiger partial charge in [0.25, 0.3) is 0 Å². The highest BCUT2D eigenvalue weighted by Crippen LogP contribution is 2.29. The maximum absolute atomic E-state index is 10.6. The minimum Gasteiger partial charge on any atom is -0.392 e. The topological polar surface area (TPSA) is 23.5 Å². The lowest BCUT2D eigenvalue weighted by Gasteiger charge is -2.26. The van der Waals surface area contributed by atoms with Crippen LogP contribution in [0.2, 0.25) is 0 Å². The van der Waals surface area contributed by atoms with Crippen LogP contribution in [0.25, 0.3) is 0 Å². The summed E-state index contributed by atoms with van der Waals surface area (Å²) in [6.07, 6.45) is 6.02. The summed E-state index contributed by atoms with van der Waals surface area (Å²) in [5, 5.41) is 10.6. The van der Waals surface area contributed by atoms with Gasteiger partial charge in [0.05, 0.1) is 6.10 Å². The molecule has 3 rings (SSSR count). The number of aliphatic hydroxyl groups excluding tert-OH is 1. The molecule has 0 radical (unpaired) electrons. The number of nitrogens with zero attached hydrogens (tertiary/aromatic N) is 1. The minimum absolute atomic E-state index is 0.222. The molecule has 1 fully saturated rings. The van der Waals surface area contributed by atoms with Gasteiger partial charge in [0.15, 0.2) is 0 Å². The third kappa shape index (κ3) is 5.47. The van der Waals surface area contributed by atoms with E-state index in [1.54, 1.807) is 0 Å². The van der Waals surface area contributed by atoms with Crippen LogP contribution in [-0.2, 0) is 13.1 Å². The van der Waals surface area contributed by atoms with Crippen LogP contribution in [0.4, 0.5) is 0 Å². The van der Waals surface area contributed by atoms with Crippen molar-refractivity contribution in [3.05, 3.63) is 71.8 Å². The monoisotopic (exact) mass is 323 g/mol. The van der Waals surface area contributed by atoms with E-state index in [1.807, 2.05) is 0 Å². The van der Waals surface area contributed by atoms with Crippen LogP contribution in [0.5, 0.6) is 0 Å². The van der Waals surface area contributed by atoms with Gasteiger partial charge in [0.1, 0.15) is 0 Å². The summed E-state index contributed by atoms with van der Waals surface area (Å²) in [7, 11) is 0. The summed E-state index contributed by atoms with van der Waals surface area (Å²) < 4.78 is 0. The molecule has 0 aliphatic heterocycles. The largest absolute Gasteiger partial charge is 0.392 e. The van der Waals surface area contributed by atoms with Crippen LogP contribution in [0.1, 0.15) is 43.2 Å². The Labute approximate surface area is 146 Å². The van der Waals surface area contributed by atoms with Crippen molar-refractivity contribution in [2.24, 2.45) is 5.92 Å². The molecule has 1 aliphatic rings. The van der Waals surface area contributed by atoms with Crippen molar-refractivity contribution in [2.75, 3.05) is 6.54 Å². The molecule has 24 heavy (non-hydrogen) atoms. The van der Waals surface area contributed by atoms with Crippen LogP contribution >= 0.6 is 0 Å². The number of benzene rings is 2. The average molecular weight is 323 g/mol.